The van der Waals surface area contributed by atoms with Crippen molar-refractivity contribution in [3.05, 3.63) is 144 Å². The Hall–Kier alpha value is -2.13. The van der Waals surface area contributed by atoms with Gasteiger partial charge in [-0.1, -0.05) is 121 Å². The van der Waals surface area contributed by atoms with Gasteiger partial charge in [-0.2, -0.15) is 0 Å². The number of benzene rings is 4. The van der Waals surface area contributed by atoms with Crippen molar-refractivity contribution in [2.75, 3.05) is 12.3 Å². The Balaban J connectivity index is 1.38. The molecule has 186 valence electrons. The van der Waals surface area contributed by atoms with E-state index in [9.17, 15) is 0 Å². The van der Waals surface area contributed by atoms with Crippen molar-refractivity contribution in [1.29, 1.82) is 0 Å². The molecule has 6 rings (SSSR count). The van der Waals surface area contributed by atoms with Crippen LogP contribution >= 0.6 is 14.3 Å². The lowest BCUT2D eigenvalue weighted by Gasteiger charge is -2.37. The Morgan fingerprint density at radius 1 is 0.395 bits per heavy atom. The van der Waals surface area contributed by atoms with E-state index >= 15 is 0 Å². The first-order valence-electron chi connectivity index (χ1n) is 14.1. The number of hydrogen-bond donors (Lipinski definition) is 0. The quantitative estimate of drug-likeness (QED) is 0.166. The fraction of sp³-hybridized carbons (Fsp3) is 0.294. The molecule has 0 spiro atoms. The van der Waals surface area contributed by atoms with Gasteiger partial charge in [-0.15, -0.1) is 0 Å². The average Bonchev–Trinajstić information content (AvgIpc) is 3.51. The van der Waals surface area contributed by atoms with E-state index in [-0.39, 0.29) is 0 Å². The third-order valence-corrected chi connectivity index (χ3v) is 18.6. The van der Waals surface area contributed by atoms with Crippen LogP contribution in [-0.2, 0) is 0 Å². The van der Waals surface area contributed by atoms with Gasteiger partial charge in [0.25, 0.3) is 0 Å². The zero-order valence-electron chi connectivity index (χ0n) is 22.1. The third kappa shape index (κ3) is 4.85. The minimum absolute atomic E-state index is 0.452. The zero-order valence-corrected chi connectivity index (χ0v) is 23.9. The van der Waals surface area contributed by atoms with Crippen molar-refractivity contribution in [2.24, 2.45) is 0 Å². The fourth-order valence-corrected chi connectivity index (χ4v) is 17.8. The summed E-state index contributed by atoms with van der Waals surface area (Å²) in [5.74, 6) is 0. The van der Waals surface area contributed by atoms with Crippen LogP contribution in [0.5, 0.6) is 0 Å². The minimum atomic E-state index is -1.87. The normalized spacial score (nSPS) is 28.3. The van der Waals surface area contributed by atoms with Gasteiger partial charge in [0.15, 0.2) is 0 Å². The van der Waals surface area contributed by atoms with E-state index in [0.29, 0.717) is 22.6 Å². The number of rotatable bonds is 7. The molecule has 4 aromatic rings. The standard InChI is InChI=1S/C34H36B2P2/c35-37(31(27-13-5-1-6-14-27)21-22-32(37)28-15-7-2-8-16-28)25-26-38(36)33(29-17-9-3-10-18-29)23-24-34(38)30-19-11-4-12-20-30/h1-20,31-34H,21-26H2/q+2/t31-,32-,33-,34?,38?/m1/s1. The molecule has 4 heteroatoms. The average molecular weight is 528 g/mol. The third-order valence-electron chi connectivity index (χ3n) is 9.36. The molecule has 2 aliphatic rings. The summed E-state index contributed by atoms with van der Waals surface area (Å²) in [6.45, 7) is 0. The van der Waals surface area contributed by atoms with Gasteiger partial charge in [-0.25, -0.2) is 0 Å². The molecule has 2 fully saturated rings. The van der Waals surface area contributed by atoms with Crippen LogP contribution in [0.4, 0.5) is 0 Å². The summed E-state index contributed by atoms with van der Waals surface area (Å²) >= 11 is 0. The maximum atomic E-state index is 7.79. The molecule has 0 amide bonds. The topological polar surface area (TPSA) is 0 Å². The molecule has 0 N–H and O–H groups in total. The van der Waals surface area contributed by atoms with E-state index in [4.69, 9.17) is 15.1 Å². The van der Waals surface area contributed by atoms with Crippen molar-refractivity contribution in [2.45, 2.75) is 48.3 Å². The predicted octanol–water partition coefficient (Wildman–Crippen LogP) is 9.74. The summed E-state index contributed by atoms with van der Waals surface area (Å²) in [5.41, 5.74) is 7.52. The molecule has 0 nitrogen and oxygen atoms in total. The lowest BCUT2D eigenvalue weighted by Crippen LogP contribution is -2.17. The van der Waals surface area contributed by atoms with Crippen LogP contribution in [0.25, 0.3) is 0 Å². The van der Waals surface area contributed by atoms with E-state index < -0.39 is 14.3 Å². The summed E-state index contributed by atoms with van der Waals surface area (Å²) in [6.07, 6.45) is 6.84. The molecule has 2 aliphatic heterocycles. The summed E-state index contributed by atoms with van der Waals surface area (Å²) < 4.78 is 0. The molecule has 4 radical (unpaired) electrons. The maximum Gasteiger partial charge on any atom is 0.366 e. The lowest BCUT2D eigenvalue weighted by molar-refractivity contribution is 0.765. The van der Waals surface area contributed by atoms with Gasteiger partial charge in [-0.3, -0.25) is 0 Å². The smallest absolute Gasteiger partial charge is 0.0622 e. The van der Waals surface area contributed by atoms with Crippen LogP contribution in [0.3, 0.4) is 0 Å². The Morgan fingerprint density at radius 3 is 0.816 bits per heavy atom. The van der Waals surface area contributed by atoms with E-state index in [1.54, 1.807) is 0 Å². The molecule has 0 saturated carbocycles. The van der Waals surface area contributed by atoms with E-state index in [2.05, 4.69) is 121 Å². The van der Waals surface area contributed by atoms with Crippen molar-refractivity contribution < 1.29 is 0 Å². The Bertz CT molecular complexity index is 1110. The molecule has 2 saturated heterocycles. The highest BCUT2D eigenvalue weighted by atomic mass is 31.2. The Labute approximate surface area is 233 Å². The molecule has 38 heavy (non-hydrogen) atoms. The molecule has 0 bridgehead atoms. The molecule has 2 unspecified atom stereocenters. The molecule has 0 aromatic heterocycles. The second-order valence-corrected chi connectivity index (χ2v) is 18.7. The lowest BCUT2D eigenvalue weighted by atomic mass is 10.0. The summed E-state index contributed by atoms with van der Waals surface area (Å²) in [6, 6.07) is 44.4. The van der Waals surface area contributed by atoms with Crippen molar-refractivity contribution in [1.82, 2.24) is 0 Å². The number of hydrogen-bond acceptors (Lipinski definition) is 0. The van der Waals surface area contributed by atoms with Crippen LogP contribution in [0.15, 0.2) is 121 Å². The second-order valence-electron chi connectivity index (χ2n) is 11.3. The largest absolute Gasteiger partial charge is 0.366 e. The van der Waals surface area contributed by atoms with Gasteiger partial charge in [0.1, 0.15) is 0 Å². The first kappa shape index (κ1) is 26.1. The van der Waals surface area contributed by atoms with Crippen molar-refractivity contribution in [3.8, 4) is 0 Å². The highest BCUT2D eigenvalue weighted by Gasteiger charge is 2.59. The van der Waals surface area contributed by atoms with Gasteiger partial charge in [0, 0.05) is 0 Å². The van der Waals surface area contributed by atoms with Gasteiger partial charge in [0.05, 0.1) is 35.0 Å². The van der Waals surface area contributed by atoms with Crippen LogP contribution < -0.4 is 0 Å². The molecule has 4 aromatic carbocycles. The van der Waals surface area contributed by atoms with Crippen LogP contribution in [-0.4, -0.2) is 27.5 Å². The highest BCUT2D eigenvalue weighted by Crippen LogP contribution is 2.86. The van der Waals surface area contributed by atoms with E-state index in [0.717, 1.165) is 12.3 Å². The van der Waals surface area contributed by atoms with Crippen LogP contribution in [0.2, 0.25) is 0 Å². The summed E-state index contributed by atoms with van der Waals surface area (Å²) in [5, 5.41) is 0. The first-order valence-corrected chi connectivity index (χ1v) is 18.5. The molecule has 5 atom stereocenters. The van der Waals surface area contributed by atoms with Gasteiger partial charge in [-0.05, 0) is 62.2 Å². The van der Waals surface area contributed by atoms with Crippen molar-refractivity contribution >= 4 is 29.4 Å². The molecule has 2 heterocycles. The van der Waals surface area contributed by atoms with Crippen LogP contribution in [0, 0.1) is 0 Å². The minimum Gasteiger partial charge on any atom is -0.0622 e. The zero-order chi connectivity index (χ0) is 26.0. The molecular formula is C34H36B2P2+2. The second kappa shape index (κ2) is 11.2. The Morgan fingerprint density at radius 2 is 0.605 bits per heavy atom. The SMILES string of the molecule is [B][P+]1(CC[P+]2([B])[C@@H](c3ccccc3)CC[C@@H]2c2ccccc2)C(c2ccccc2)CC[C@@H]1c1ccccc1. The van der Waals surface area contributed by atoms with E-state index in [1.165, 1.54) is 47.9 Å². The van der Waals surface area contributed by atoms with Crippen LogP contribution in [0.1, 0.15) is 70.6 Å². The van der Waals surface area contributed by atoms with Crippen molar-refractivity contribution in [3.63, 3.8) is 0 Å². The molecule has 0 aliphatic carbocycles. The van der Waals surface area contributed by atoms with E-state index in [1.807, 2.05) is 0 Å². The maximum absolute atomic E-state index is 7.79. The van der Waals surface area contributed by atoms with Gasteiger partial charge >= 0.3 is 15.1 Å². The first-order chi connectivity index (χ1) is 18.6. The molecular weight excluding hydrogens is 492 g/mol. The highest BCUT2D eigenvalue weighted by molar-refractivity contribution is 8.01. The predicted molar refractivity (Wildman–Crippen MR) is 170 cm³/mol. The fourth-order valence-electron chi connectivity index (χ4n) is 7.47. The summed E-state index contributed by atoms with van der Waals surface area (Å²) in [4.78, 5) is 0. The van der Waals surface area contributed by atoms with Gasteiger partial charge < -0.3 is 0 Å². The van der Waals surface area contributed by atoms with Gasteiger partial charge in [0.2, 0.25) is 0 Å². The monoisotopic (exact) mass is 528 g/mol. The summed E-state index contributed by atoms with van der Waals surface area (Å²) in [7, 11) is 11.8. The Kier molecular flexibility index (Phi) is 7.67.